The number of aliphatic hydroxyl groups excluding tert-OH is 1. The number of benzene rings is 1. The van der Waals surface area contributed by atoms with Crippen LogP contribution in [0.1, 0.15) is 17.5 Å². The molecule has 1 aliphatic heterocycles. The SMILES string of the molecule is Cc1ccccc1-n1cc(CNC(=O)N2CC[C@H](CO)C2)cn1. The van der Waals surface area contributed by atoms with Crippen molar-refractivity contribution in [2.24, 2.45) is 5.92 Å². The van der Waals surface area contributed by atoms with Gasteiger partial charge in [-0.1, -0.05) is 18.2 Å². The van der Waals surface area contributed by atoms with Gasteiger partial charge >= 0.3 is 6.03 Å². The second kappa shape index (κ2) is 6.83. The van der Waals surface area contributed by atoms with Crippen molar-refractivity contribution in [3.63, 3.8) is 0 Å². The van der Waals surface area contributed by atoms with Gasteiger partial charge in [0.25, 0.3) is 0 Å². The van der Waals surface area contributed by atoms with Gasteiger partial charge in [0.05, 0.1) is 11.9 Å². The summed E-state index contributed by atoms with van der Waals surface area (Å²) in [4.78, 5) is 13.9. The lowest BCUT2D eigenvalue weighted by atomic mass is 10.1. The fourth-order valence-corrected chi connectivity index (χ4v) is 2.86. The van der Waals surface area contributed by atoms with Crippen LogP contribution in [-0.2, 0) is 6.54 Å². The monoisotopic (exact) mass is 314 g/mol. The predicted octanol–water partition coefficient (Wildman–Crippen LogP) is 1.70. The van der Waals surface area contributed by atoms with Gasteiger partial charge in [0, 0.05) is 43.9 Å². The summed E-state index contributed by atoms with van der Waals surface area (Å²) < 4.78 is 1.83. The minimum absolute atomic E-state index is 0.0791. The number of urea groups is 1. The van der Waals surface area contributed by atoms with Gasteiger partial charge in [0.1, 0.15) is 0 Å². The number of hydrogen-bond acceptors (Lipinski definition) is 3. The summed E-state index contributed by atoms with van der Waals surface area (Å²) in [5, 5.41) is 16.4. The van der Waals surface area contributed by atoms with E-state index in [0.29, 0.717) is 19.6 Å². The highest BCUT2D eigenvalue weighted by atomic mass is 16.3. The Labute approximate surface area is 135 Å². The first-order chi connectivity index (χ1) is 11.2. The van der Waals surface area contributed by atoms with Crippen LogP contribution >= 0.6 is 0 Å². The number of likely N-dealkylation sites (tertiary alicyclic amines) is 1. The molecule has 2 N–H and O–H groups in total. The number of nitrogens with zero attached hydrogens (tertiary/aromatic N) is 3. The van der Waals surface area contributed by atoms with Crippen molar-refractivity contribution in [2.45, 2.75) is 19.9 Å². The van der Waals surface area contributed by atoms with E-state index >= 15 is 0 Å². The maximum Gasteiger partial charge on any atom is 0.317 e. The van der Waals surface area contributed by atoms with E-state index < -0.39 is 0 Å². The summed E-state index contributed by atoms with van der Waals surface area (Å²) in [6, 6.07) is 7.97. The first-order valence-corrected chi connectivity index (χ1v) is 7.90. The molecule has 0 saturated carbocycles. The van der Waals surface area contributed by atoms with Crippen molar-refractivity contribution in [1.82, 2.24) is 20.0 Å². The molecule has 6 heteroatoms. The number of aliphatic hydroxyl groups is 1. The van der Waals surface area contributed by atoms with E-state index in [0.717, 1.165) is 23.2 Å². The summed E-state index contributed by atoms with van der Waals surface area (Å²) in [6.45, 7) is 3.98. The first kappa shape index (κ1) is 15.6. The Kier molecular flexibility index (Phi) is 4.62. The van der Waals surface area contributed by atoms with Crippen LogP contribution in [-0.4, -0.2) is 45.5 Å². The Morgan fingerprint density at radius 3 is 3.00 bits per heavy atom. The van der Waals surface area contributed by atoms with Crippen LogP contribution in [0, 0.1) is 12.8 Å². The molecule has 0 spiro atoms. The number of amides is 2. The largest absolute Gasteiger partial charge is 0.396 e. The fraction of sp³-hybridized carbons (Fsp3) is 0.412. The highest BCUT2D eigenvalue weighted by Gasteiger charge is 2.25. The average Bonchev–Trinajstić information content (AvgIpc) is 3.22. The summed E-state index contributed by atoms with van der Waals surface area (Å²) >= 11 is 0. The standard InChI is InChI=1S/C17H22N4O2/c1-13-4-2-3-5-16(13)21-11-15(9-19-21)8-18-17(23)20-7-6-14(10-20)12-22/h2-5,9,11,14,22H,6-8,10,12H2,1H3,(H,18,23)/t14-/m0/s1. The van der Waals surface area contributed by atoms with Crippen molar-refractivity contribution in [3.8, 4) is 5.69 Å². The zero-order chi connectivity index (χ0) is 16.2. The maximum absolute atomic E-state index is 12.1. The van der Waals surface area contributed by atoms with Gasteiger partial charge in [0.15, 0.2) is 0 Å². The number of para-hydroxylation sites is 1. The lowest BCUT2D eigenvalue weighted by molar-refractivity contribution is 0.198. The van der Waals surface area contributed by atoms with Crippen molar-refractivity contribution in [1.29, 1.82) is 0 Å². The Morgan fingerprint density at radius 1 is 1.43 bits per heavy atom. The zero-order valence-corrected chi connectivity index (χ0v) is 13.3. The van der Waals surface area contributed by atoms with E-state index in [9.17, 15) is 4.79 Å². The minimum Gasteiger partial charge on any atom is -0.396 e. The number of aryl methyl sites for hydroxylation is 1. The molecule has 2 amide bonds. The fourth-order valence-electron chi connectivity index (χ4n) is 2.86. The molecule has 23 heavy (non-hydrogen) atoms. The van der Waals surface area contributed by atoms with E-state index in [4.69, 9.17) is 5.11 Å². The quantitative estimate of drug-likeness (QED) is 0.902. The lowest BCUT2D eigenvalue weighted by Gasteiger charge is -2.16. The van der Waals surface area contributed by atoms with Gasteiger partial charge in [-0.3, -0.25) is 0 Å². The summed E-state index contributed by atoms with van der Waals surface area (Å²) in [7, 11) is 0. The van der Waals surface area contributed by atoms with E-state index in [2.05, 4.69) is 10.4 Å². The van der Waals surface area contributed by atoms with E-state index in [-0.39, 0.29) is 18.6 Å². The molecule has 0 radical (unpaired) electrons. The van der Waals surface area contributed by atoms with Crippen molar-refractivity contribution in [3.05, 3.63) is 47.8 Å². The minimum atomic E-state index is -0.0791. The molecule has 1 fully saturated rings. The molecule has 0 bridgehead atoms. The number of carbonyl (C=O) groups excluding carboxylic acids is 1. The van der Waals surface area contributed by atoms with Crippen LogP contribution in [0.3, 0.4) is 0 Å². The molecule has 1 atom stereocenters. The van der Waals surface area contributed by atoms with Crippen LogP contribution < -0.4 is 5.32 Å². The highest BCUT2D eigenvalue weighted by molar-refractivity contribution is 5.74. The molecule has 1 aromatic heterocycles. The Hall–Kier alpha value is -2.34. The number of aromatic nitrogens is 2. The predicted molar refractivity (Wildman–Crippen MR) is 87.3 cm³/mol. The lowest BCUT2D eigenvalue weighted by Crippen LogP contribution is -2.38. The first-order valence-electron chi connectivity index (χ1n) is 7.90. The average molecular weight is 314 g/mol. The van der Waals surface area contributed by atoms with Crippen molar-refractivity contribution < 1.29 is 9.90 Å². The molecular weight excluding hydrogens is 292 g/mol. The number of hydrogen-bond donors (Lipinski definition) is 2. The summed E-state index contributed by atoms with van der Waals surface area (Å²) in [5.41, 5.74) is 3.15. The van der Waals surface area contributed by atoms with Crippen LogP contribution in [0.15, 0.2) is 36.7 Å². The van der Waals surface area contributed by atoms with E-state index in [1.165, 1.54) is 0 Å². The van der Waals surface area contributed by atoms with Gasteiger partial charge < -0.3 is 15.3 Å². The van der Waals surface area contributed by atoms with E-state index in [1.807, 2.05) is 42.1 Å². The zero-order valence-electron chi connectivity index (χ0n) is 13.3. The van der Waals surface area contributed by atoms with Gasteiger partial charge in [-0.25, -0.2) is 9.48 Å². The molecule has 6 nitrogen and oxygen atoms in total. The smallest absolute Gasteiger partial charge is 0.317 e. The van der Waals surface area contributed by atoms with Crippen LogP contribution in [0.2, 0.25) is 0 Å². The van der Waals surface area contributed by atoms with E-state index in [1.54, 1.807) is 11.1 Å². The Bertz CT molecular complexity index is 683. The third-order valence-corrected chi connectivity index (χ3v) is 4.27. The number of rotatable bonds is 4. The van der Waals surface area contributed by atoms with Crippen LogP contribution in [0.5, 0.6) is 0 Å². The summed E-state index contributed by atoms with van der Waals surface area (Å²) in [5.74, 6) is 0.213. The molecule has 0 unspecified atom stereocenters. The topological polar surface area (TPSA) is 70.4 Å². The highest BCUT2D eigenvalue weighted by Crippen LogP contribution is 2.16. The third-order valence-electron chi connectivity index (χ3n) is 4.27. The summed E-state index contributed by atoms with van der Waals surface area (Å²) in [6.07, 6.45) is 4.57. The molecule has 3 rings (SSSR count). The van der Waals surface area contributed by atoms with Gasteiger partial charge in [0.2, 0.25) is 0 Å². The van der Waals surface area contributed by atoms with Crippen molar-refractivity contribution in [2.75, 3.05) is 19.7 Å². The third kappa shape index (κ3) is 3.53. The molecule has 1 aromatic carbocycles. The number of nitrogens with one attached hydrogen (secondary N) is 1. The Morgan fingerprint density at radius 2 is 2.26 bits per heavy atom. The second-order valence-corrected chi connectivity index (χ2v) is 6.02. The Balaban J connectivity index is 1.58. The van der Waals surface area contributed by atoms with Gasteiger partial charge in [-0.2, -0.15) is 5.10 Å². The molecular formula is C17H22N4O2. The molecule has 1 aliphatic rings. The normalized spacial score (nSPS) is 17.5. The molecule has 1 saturated heterocycles. The van der Waals surface area contributed by atoms with Crippen LogP contribution in [0.25, 0.3) is 5.69 Å². The molecule has 0 aliphatic carbocycles. The molecule has 2 aromatic rings. The maximum atomic E-state index is 12.1. The van der Waals surface area contributed by atoms with Gasteiger partial charge in [-0.05, 0) is 25.0 Å². The van der Waals surface area contributed by atoms with Crippen LogP contribution in [0.4, 0.5) is 4.79 Å². The van der Waals surface area contributed by atoms with Gasteiger partial charge in [-0.15, -0.1) is 0 Å². The second-order valence-electron chi connectivity index (χ2n) is 6.02. The molecule has 122 valence electrons. The molecule has 2 heterocycles. The van der Waals surface area contributed by atoms with Crippen molar-refractivity contribution >= 4 is 6.03 Å². The number of carbonyl (C=O) groups is 1.